The van der Waals surface area contributed by atoms with Crippen LogP contribution in [0.5, 0.6) is 5.75 Å². The van der Waals surface area contributed by atoms with Gasteiger partial charge in [-0.1, -0.05) is 12.1 Å². The highest BCUT2D eigenvalue weighted by atomic mass is 32.2. The summed E-state index contributed by atoms with van der Waals surface area (Å²) in [5.41, 5.74) is 0.915. The topological polar surface area (TPSA) is 79.0 Å². The van der Waals surface area contributed by atoms with E-state index in [1.54, 1.807) is 13.2 Å². The van der Waals surface area contributed by atoms with E-state index in [1.807, 2.05) is 24.3 Å². The van der Waals surface area contributed by atoms with Crippen LogP contribution in [0.3, 0.4) is 0 Å². The van der Waals surface area contributed by atoms with E-state index in [9.17, 15) is 17.6 Å². The van der Waals surface area contributed by atoms with Gasteiger partial charge in [0.2, 0.25) is 10.0 Å². The molecule has 0 spiro atoms. The minimum Gasteiger partial charge on any atom is -0.497 e. The van der Waals surface area contributed by atoms with Crippen LogP contribution in [0.25, 0.3) is 0 Å². The fourth-order valence-electron chi connectivity index (χ4n) is 3.18. The number of anilines is 1. The van der Waals surface area contributed by atoms with Gasteiger partial charge in [-0.3, -0.25) is 4.79 Å². The van der Waals surface area contributed by atoms with Gasteiger partial charge < -0.3 is 15.0 Å². The van der Waals surface area contributed by atoms with Crippen LogP contribution < -0.4 is 15.0 Å². The number of benzene rings is 2. The van der Waals surface area contributed by atoms with Crippen LogP contribution in [0.4, 0.5) is 10.1 Å². The van der Waals surface area contributed by atoms with Gasteiger partial charge in [0.1, 0.15) is 11.6 Å². The maximum Gasteiger partial charge on any atom is 0.254 e. The van der Waals surface area contributed by atoms with Gasteiger partial charge in [0, 0.05) is 38.4 Å². The van der Waals surface area contributed by atoms with Gasteiger partial charge in [0.15, 0.2) is 0 Å². The molecule has 1 heterocycles. The van der Waals surface area contributed by atoms with Crippen molar-refractivity contribution in [1.82, 2.24) is 9.62 Å². The Morgan fingerprint density at radius 3 is 2.34 bits per heavy atom. The molecule has 0 saturated carbocycles. The minimum atomic E-state index is -3.51. The molecule has 1 N–H and O–H groups in total. The SMILES string of the molecule is COc1ccc(N2CCN(S(=O)(=O)CCNC(=O)c3ccccc3F)CC2)cc1. The summed E-state index contributed by atoms with van der Waals surface area (Å²) >= 11 is 0. The van der Waals surface area contributed by atoms with Gasteiger partial charge in [-0.25, -0.2) is 12.8 Å². The van der Waals surface area contributed by atoms with Crippen molar-refractivity contribution in [3.8, 4) is 5.75 Å². The first-order valence-electron chi connectivity index (χ1n) is 9.30. The number of nitrogens with zero attached hydrogens (tertiary/aromatic N) is 2. The largest absolute Gasteiger partial charge is 0.497 e. The molecule has 1 saturated heterocycles. The lowest BCUT2D eigenvalue weighted by Crippen LogP contribution is -2.50. The van der Waals surface area contributed by atoms with E-state index in [4.69, 9.17) is 4.74 Å². The predicted molar refractivity (Wildman–Crippen MR) is 109 cm³/mol. The van der Waals surface area contributed by atoms with Crippen molar-refractivity contribution in [1.29, 1.82) is 0 Å². The number of hydrogen-bond donors (Lipinski definition) is 1. The number of hydrogen-bond acceptors (Lipinski definition) is 5. The van der Waals surface area contributed by atoms with Crippen LogP contribution in [0, 0.1) is 5.82 Å². The predicted octanol–water partition coefficient (Wildman–Crippen LogP) is 1.72. The molecular formula is C20H24FN3O4S. The Morgan fingerprint density at radius 2 is 1.72 bits per heavy atom. The number of ether oxygens (including phenoxy) is 1. The zero-order chi connectivity index (χ0) is 20.9. The second-order valence-electron chi connectivity index (χ2n) is 6.64. The standard InChI is InChI=1S/C20H24FN3O4S/c1-28-17-8-6-16(7-9-17)23-11-13-24(14-12-23)29(26,27)15-10-22-20(25)18-4-2-3-5-19(18)21/h2-9H,10-15H2,1H3,(H,22,25). The van der Waals surface area contributed by atoms with Crippen molar-refractivity contribution in [3.05, 3.63) is 59.9 Å². The molecule has 156 valence electrons. The number of halogens is 1. The highest BCUT2D eigenvalue weighted by molar-refractivity contribution is 7.89. The van der Waals surface area contributed by atoms with Crippen molar-refractivity contribution in [2.24, 2.45) is 0 Å². The molecule has 3 rings (SSSR count). The molecule has 7 nitrogen and oxygen atoms in total. The smallest absolute Gasteiger partial charge is 0.254 e. The van der Waals surface area contributed by atoms with Gasteiger partial charge in [-0.2, -0.15) is 4.31 Å². The van der Waals surface area contributed by atoms with E-state index < -0.39 is 21.7 Å². The summed E-state index contributed by atoms with van der Waals surface area (Å²) in [6.45, 7) is 1.82. The van der Waals surface area contributed by atoms with E-state index >= 15 is 0 Å². The second-order valence-corrected chi connectivity index (χ2v) is 8.72. The summed E-state index contributed by atoms with van der Waals surface area (Å²) in [4.78, 5) is 14.1. The van der Waals surface area contributed by atoms with Crippen LogP contribution in [-0.4, -0.2) is 64.2 Å². The number of carbonyl (C=O) groups is 1. The Balaban J connectivity index is 1.49. The second kappa shape index (κ2) is 9.23. The zero-order valence-electron chi connectivity index (χ0n) is 16.2. The van der Waals surface area contributed by atoms with E-state index in [-0.39, 0.29) is 17.9 Å². The molecule has 0 aliphatic carbocycles. The monoisotopic (exact) mass is 421 g/mol. The van der Waals surface area contributed by atoms with E-state index in [1.165, 1.54) is 22.5 Å². The summed E-state index contributed by atoms with van der Waals surface area (Å²) in [5, 5.41) is 2.47. The highest BCUT2D eigenvalue weighted by Gasteiger charge is 2.27. The third kappa shape index (κ3) is 5.24. The quantitative estimate of drug-likeness (QED) is 0.737. The third-order valence-electron chi connectivity index (χ3n) is 4.83. The lowest BCUT2D eigenvalue weighted by molar-refractivity contribution is 0.0952. The molecule has 2 aromatic carbocycles. The Kier molecular flexibility index (Phi) is 6.71. The summed E-state index contributed by atoms with van der Waals surface area (Å²) in [6.07, 6.45) is 0. The number of methoxy groups -OCH3 is 1. The summed E-state index contributed by atoms with van der Waals surface area (Å²) in [6, 6.07) is 13.2. The number of nitrogens with one attached hydrogen (secondary N) is 1. The molecule has 2 aromatic rings. The van der Waals surface area contributed by atoms with Crippen LogP contribution >= 0.6 is 0 Å². The number of piperazine rings is 1. The average Bonchev–Trinajstić information content (AvgIpc) is 2.74. The van der Waals surface area contributed by atoms with Crippen molar-refractivity contribution in [2.75, 3.05) is 50.5 Å². The third-order valence-corrected chi connectivity index (χ3v) is 6.71. The number of rotatable bonds is 7. The minimum absolute atomic E-state index is 0.0752. The van der Waals surface area contributed by atoms with E-state index in [2.05, 4.69) is 10.2 Å². The highest BCUT2D eigenvalue weighted by Crippen LogP contribution is 2.21. The van der Waals surface area contributed by atoms with E-state index in [0.717, 1.165) is 11.4 Å². The van der Waals surface area contributed by atoms with Crippen LogP contribution in [-0.2, 0) is 10.0 Å². The molecule has 0 unspecified atom stereocenters. The molecule has 1 fully saturated rings. The first-order chi connectivity index (χ1) is 13.9. The molecular weight excluding hydrogens is 397 g/mol. The Morgan fingerprint density at radius 1 is 1.07 bits per heavy atom. The fourth-order valence-corrected chi connectivity index (χ4v) is 4.52. The van der Waals surface area contributed by atoms with Crippen LogP contribution in [0.1, 0.15) is 10.4 Å². The number of amides is 1. The zero-order valence-corrected chi connectivity index (χ0v) is 17.0. The first kappa shape index (κ1) is 21.1. The normalized spacial score (nSPS) is 15.2. The Hall–Kier alpha value is -2.65. The van der Waals surface area contributed by atoms with Crippen LogP contribution in [0.2, 0.25) is 0 Å². The molecule has 1 amide bonds. The maximum atomic E-state index is 13.6. The summed E-state index contributed by atoms with van der Waals surface area (Å²) in [7, 11) is -1.90. The van der Waals surface area contributed by atoms with Gasteiger partial charge in [0.25, 0.3) is 5.91 Å². The van der Waals surface area contributed by atoms with Gasteiger partial charge in [0.05, 0.1) is 18.4 Å². The van der Waals surface area contributed by atoms with Crippen molar-refractivity contribution < 1.29 is 22.3 Å². The molecule has 1 aliphatic heterocycles. The van der Waals surface area contributed by atoms with Crippen LogP contribution in [0.15, 0.2) is 48.5 Å². The average molecular weight is 421 g/mol. The lowest BCUT2D eigenvalue weighted by atomic mass is 10.2. The molecule has 0 bridgehead atoms. The Labute approximate surface area is 170 Å². The van der Waals surface area contributed by atoms with E-state index in [0.29, 0.717) is 26.2 Å². The number of sulfonamides is 1. The summed E-state index contributed by atoms with van der Waals surface area (Å²) in [5.74, 6) is -0.715. The molecule has 0 atom stereocenters. The summed E-state index contributed by atoms with van der Waals surface area (Å²) < 4.78 is 45.3. The Bertz CT molecular complexity index is 942. The van der Waals surface area contributed by atoms with Gasteiger partial charge in [-0.15, -0.1) is 0 Å². The first-order valence-corrected chi connectivity index (χ1v) is 10.9. The molecule has 29 heavy (non-hydrogen) atoms. The molecule has 0 aromatic heterocycles. The van der Waals surface area contributed by atoms with Crippen molar-refractivity contribution >= 4 is 21.6 Å². The molecule has 9 heteroatoms. The molecule has 0 radical (unpaired) electrons. The fraction of sp³-hybridized carbons (Fsp3) is 0.350. The van der Waals surface area contributed by atoms with Gasteiger partial charge in [-0.05, 0) is 36.4 Å². The molecule has 1 aliphatic rings. The van der Waals surface area contributed by atoms with Crippen molar-refractivity contribution in [3.63, 3.8) is 0 Å². The lowest BCUT2D eigenvalue weighted by Gasteiger charge is -2.35. The maximum absolute atomic E-state index is 13.6. The number of carbonyl (C=O) groups excluding carboxylic acids is 1. The van der Waals surface area contributed by atoms with Crippen molar-refractivity contribution in [2.45, 2.75) is 0 Å². The van der Waals surface area contributed by atoms with Gasteiger partial charge >= 0.3 is 0 Å².